The monoisotopic (exact) mass is 876 g/mol. The van der Waals surface area contributed by atoms with E-state index in [1.807, 2.05) is 24.3 Å². The fourth-order valence-corrected chi connectivity index (χ4v) is 15.7. The van der Waals surface area contributed by atoms with Crippen molar-refractivity contribution in [3.8, 4) is 44.5 Å². The van der Waals surface area contributed by atoms with Crippen LogP contribution in [0.15, 0.2) is 174 Å². The third kappa shape index (κ3) is 5.41. The average Bonchev–Trinajstić information content (AvgIpc) is 3.99. The molecule has 7 aliphatic rings. The van der Waals surface area contributed by atoms with E-state index in [1.165, 1.54) is 109 Å². The first-order valence-corrected chi connectivity index (χ1v) is 25.4. The minimum absolute atomic E-state index is 0.0480. The van der Waals surface area contributed by atoms with Crippen molar-refractivity contribution < 1.29 is 4.42 Å². The molecule has 1 heterocycles. The van der Waals surface area contributed by atoms with Gasteiger partial charge in [-0.15, -0.1) is 0 Å². The molecule has 5 saturated carbocycles. The van der Waals surface area contributed by atoms with Crippen LogP contribution in [0.5, 0.6) is 0 Å². The number of hydrogen-bond acceptors (Lipinski definition) is 2. The molecular weight excluding hydrogens is 825 g/mol. The van der Waals surface area contributed by atoms with Crippen LogP contribution in [0.2, 0.25) is 0 Å². The van der Waals surface area contributed by atoms with E-state index in [2.05, 4.69) is 155 Å². The molecule has 0 saturated heterocycles. The molecule has 3 nitrogen and oxygen atoms in total. The molecule has 0 amide bonds. The summed E-state index contributed by atoms with van der Waals surface area (Å²) in [6.07, 6.45) is 13.3. The SMILES string of the molecule is [C-]#[N+]c1ccc(-c2ccc(N(c3ccc4c(c3)C3(CCCCC3)c3ccccc3-4)c3ccc4c(c3)oc3cc(-c5ccc6c(c5)-c5ccccc5C65C6CC7CC(C6)CC5C7)ccc34)cc2)cc1. The molecular formula is C65H52N2O. The van der Waals surface area contributed by atoms with Crippen LogP contribution in [0.3, 0.4) is 0 Å². The van der Waals surface area contributed by atoms with Gasteiger partial charge in [0.25, 0.3) is 0 Å². The second-order valence-corrected chi connectivity index (χ2v) is 21.4. The van der Waals surface area contributed by atoms with Crippen molar-refractivity contribution in [2.75, 3.05) is 4.90 Å². The number of furan rings is 1. The van der Waals surface area contributed by atoms with Crippen LogP contribution in [0.4, 0.5) is 22.7 Å². The van der Waals surface area contributed by atoms with E-state index in [4.69, 9.17) is 11.0 Å². The maximum absolute atomic E-state index is 7.44. The molecule has 8 aromatic carbocycles. The van der Waals surface area contributed by atoms with Crippen LogP contribution >= 0.6 is 0 Å². The predicted molar refractivity (Wildman–Crippen MR) is 278 cm³/mol. The number of fused-ring (bicyclic) bond motifs is 11. The highest BCUT2D eigenvalue weighted by Crippen LogP contribution is 2.69. The number of nitrogens with zero attached hydrogens (tertiary/aromatic N) is 2. The van der Waals surface area contributed by atoms with Crippen LogP contribution < -0.4 is 4.90 Å². The summed E-state index contributed by atoms with van der Waals surface area (Å²) in [4.78, 5) is 6.03. The number of benzene rings is 8. The summed E-state index contributed by atoms with van der Waals surface area (Å²) in [6.45, 7) is 7.44. The van der Waals surface area contributed by atoms with Crippen molar-refractivity contribution in [1.29, 1.82) is 0 Å². The quantitative estimate of drug-likeness (QED) is 0.161. The zero-order valence-corrected chi connectivity index (χ0v) is 38.3. The first-order chi connectivity index (χ1) is 33.6. The fourth-order valence-electron chi connectivity index (χ4n) is 15.7. The number of hydrogen-bond donors (Lipinski definition) is 0. The van der Waals surface area contributed by atoms with Gasteiger partial charge < -0.3 is 9.32 Å². The first-order valence-electron chi connectivity index (χ1n) is 25.4. The lowest BCUT2D eigenvalue weighted by Crippen LogP contribution is -2.55. The molecule has 68 heavy (non-hydrogen) atoms. The summed E-state index contributed by atoms with van der Waals surface area (Å²) in [5, 5.41) is 2.27. The molecule has 1 aromatic heterocycles. The average molecular weight is 877 g/mol. The summed E-state index contributed by atoms with van der Waals surface area (Å²) in [7, 11) is 0. The fraction of sp³-hybridized carbons (Fsp3) is 0.246. The van der Waals surface area contributed by atoms with Gasteiger partial charge in [-0.05, 0) is 190 Å². The normalized spacial score (nSPS) is 23.2. The van der Waals surface area contributed by atoms with Crippen LogP contribution in [0.1, 0.15) is 86.5 Å². The van der Waals surface area contributed by atoms with Crippen molar-refractivity contribution in [2.24, 2.45) is 23.7 Å². The van der Waals surface area contributed by atoms with Crippen molar-refractivity contribution in [3.63, 3.8) is 0 Å². The van der Waals surface area contributed by atoms with E-state index in [0.717, 1.165) is 73.8 Å². The van der Waals surface area contributed by atoms with Gasteiger partial charge in [0.05, 0.1) is 6.57 Å². The van der Waals surface area contributed by atoms with E-state index in [0.29, 0.717) is 5.69 Å². The van der Waals surface area contributed by atoms with Gasteiger partial charge in [-0.3, -0.25) is 0 Å². The van der Waals surface area contributed by atoms with Crippen molar-refractivity contribution in [3.05, 3.63) is 204 Å². The Morgan fingerprint density at radius 1 is 0.441 bits per heavy atom. The third-order valence-electron chi connectivity index (χ3n) is 18.3. The van der Waals surface area contributed by atoms with Crippen LogP contribution in [-0.4, -0.2) is 0 Å². The minimum Gasteiger partial charge on any atom is -0.456 e. The standard InChI is InChI=1S/C65H52N2O/c1-66-48-19-13-42(14-20-48)43-15-21-49(22-16-43)67(50-23-26-54-52-9-3-5-11-58(52)64(61(54)38-50)29-7-2-8-30-64)51-24-27-56-55-25-17-45(37-62(55)68-63(56)39-51)44-18-28-60-57(36-44)53-10-4-6-12-59(53)65(60)46-32-40-31-41(34-46)35-47(65)33-40/h3-6,9-28,36-41,46-47H,2,7-8,29-35H2. The Kier molecular flexibility index (Phi) is 8.26. The van der Waals surface area contributed by atoms with E-state index in [1.54, 1.807) is 11.1 Å². The Bertz CT molecular complexity index is 3550. The second kappa shape index (κ2) is 14.4. The molecule has 328 valence electrons. The zero-order chi connectivity index (χ0) is 44.7. The van der Waals surface area contributed by atoms with Crippen LogP contribution in [-0.2, 0) is 10.8 Å². The zero-order valence-electron chi connectivity index (χ0n) is 38.3. The lowest BCUT2D eigenvalue weighted by Gasteiger charge is -2.61. The summed E-state index contributed by atoms with van der Waals surface area (Å²) < 4.78 is 6.93. The third-order valence-corrected chi connectivity index (χ3v) is 18.3. The highest BCUT2D eigenvalue weighted by molar-refractivity contribution is 6.07. The molecule has 3 heteroatoms. The van der Waals surface area contributed by atoms with E-state index in [9.17, 15) is 0 Å². The van der Waals surface area contributed by atoms with Crippen molar-refractivity contribution in [2.45, 2.75) is 75.0 Å². The molecule has 5 fully saturated rings. The van der Waals surface area contributed by atoms with E-state index < -0.39 is 0 Å². The number of rotatable bonds is 5. The topological polar surface area (TPSA) is 20.7 Å². The largest absolute Gasteiger partial charge is 0.456 e. The lowest BCUT2D eigenvalue weighted by atomic mass is 9.43. The van der Waals surface area contributed by atoms with E-state index >= 15 is 0 Å². The maximum atomic E-state index is 7.44. The van der Waals surface area contributed by atoms with E-state index in [-0.39, 0.29) is 10.8 Å². The molecule has 7 aliphatic carbocycles. The smallest absolute Gasteiger partial charge is 0.187 e. The Morgan fingerprint density at radius 2 is 0.985 bits per heavy atom. The molecule has 16 rings (SSSR count). The summed E-state index contributed by atoms with van der Waals surface area (Å²) >= 11 is 0. The van der Waals surface area contributed by atoms with Gasteiger partial charge in [0.2, 0.25) is 0 Å². The summed E-state index contributed by atoms with van der Waals surface area (Å²) in [5.41, 5.74) is 22.6. The lowest BCUT2D eigenvalue weighted by molar-refractivity contribution is -0.0399. The van der Waals surface area contributed by atoms with Gasteiger partial charge >= 0.3 is 0 Å². The molecule has 0 radical (unpaired) electrons. The first kappa shape index (κ1) is 38.9. The molecule has 2 spiro atoms. The predicted octanol–water partition coefficient (Wildman–Crippen LogP) is 17.9. The Morgan fingerprint density at radius 3 is 1.72 bits per heavy atom. The van der Waals surface area contributed by atoms with Crippen LogP contribution in [0.25, 0.3) is 71.3 Å². The summed E-state index contributed by atoms with van der Waals surface area (Å²) in [5.74, 6) is 3.41. The van der Waals surface area contributed by atoms with Crippen molar-refractivity contribution in [1.82, 2.24) is 0 Å². The summed E-state index contributed by atoms with van der Waals surface area (Å²) in [6, 6.07) is 63.7. The van der Waals surface area contributed by atoms with Gasteiger partial charge in [-0.25, -0.2) is 4.85 Å². The molecule has 0 aliphatic heterocycles. The van der Waals surface area contributed by atoms with Gasteiger partial charge in [0.1, 0.15) is 11.2 Å². The Hall–Kier alpha value is -7.15. The molecule has 9 aromatic rings. The molecule has 0 unspecified atom stereocenters. The second-order valence-electron chi connectivity index (χ2n) is 21.4. The van der Waals surface area contributed by atoms with Gasteiger partial charge in [0.15, 0.2) is 5.69 Å². The highest BCUT2D eigenvalue weighted by atomic mass is 16.3. The molecule has 0 atom stereocenters. The highest BCUT2D eigenvalue weighted by Gasteiger charge is 2.61. The van der Waals surface area contributed by atoms with Gasteiger partial charge in [0, 0.05) is 44.7 Å². The maximum Gasteiger partial charge on any atom is 0.187 e. The van der Waals surface area contributed by atoms with Gasteiger partial charge in [-0.1, -0.05) is 128 Å². The van der Waals surface area contributed by atoms with Gasteiger partial charge in [-0.2, -0.15) is 0 Å². The molecule has 0 N–H and O–H groups in total. The Labute approximate surface area is 398 Å². The molecule has 4 bridgehead atoms. The van der Waals surface area contributed by atoms with Crippen LogP contribution in [0, 0.1) is 30.2 Å². The number of anilines is 3. The Balaban J connectivity index is 0.829. The minimum atomic E-state index is 0.0480. The van der Waals surface area contributed by atoms with Crippen molar-refractivity contribution >= 4 is 44.7 Å².